The minimum atomic E-state index is -0.327. The molecule has 0 N–H and O–H groups in total. The van der Waals surface area contributed by atoms with Crippen LogP contribution in [0.3, 0.4) is 0 Å². The van der Waals surface area contributed by atoms with Gasteiger partial charge >= 0.3 is 5.97 Å². The van der Waals surface area contributed by atoms with E-state index < -0.39 is 0 Å². The summed E-state index contributed by atoms with van der Waals surface area (Å²) in [5.41, 5.74) is 3.01. The van der Waals surface area contributed by atoms with Crippen LogP contribution in [-0.2, 0) is 4.74 Å². The Bertz CT molecular complexity index is 622. The van der Waals surface area contributed by atoms with Crippen LogP contribution in [0.25, 0.3) is 0 Å². The van der Waals surface area contributed by atoms with Gasteiger partial charge in [0.25, 0.3) is 0 Å². The molecular formula is C15H18N2O2S. The van der Waals surface area contributed by atoms with Gasteiger partial charge in [-0.25, -0.2) is 9.78 Å². The van der Waals surface area contributed by atoms with Crippen LogP contribution < -0.4 is 4.90 Å². The van der Waals surface area contributed by atoms with E-state index in [9.17, 15) is 4.79 Å². The van der Waals surface area contributed by atoms with Gasteiger partial charge in [-0.15, -0.1) is 0 Å². The predicted molar refractivity (Wildman–Crippen MR) is 82.0 cm³/mol. The van der Waals surface area contributed by atoms with E-state index in [1.54, 1.807) is 0 Å². The number of carbonyl (C=O) groups excluding carboxylic acids is 1. The molecule has 0 spiro atoms. The molecule has 2 rings (SSSR count). The molecule has 0 aliphatic heterocycles. The lowest BCUT2D eigenvalue weighted by Crippen LogP contribution is -2.16. The lowest BCUT2D eigenvalue weighted by atomic mass is 10.2. The van der Waals surface area contributed by atoms with Crippen LogP contribution in [0.5, 0.6) is 0 Å². The number of hydrogen-bond acceptors (Lipinski definition) is 5. The number of esters is 1. The van der Waals surface area contributed by atoms with Crippen molar-refractivity contribution < 1.29 is 9.53 Å². The summed E-state index contributed by atoms with van der Waals surface area (Å²) in [5, 5.41) is 0.819. The fraction of sp³-hybridized carbons (Fsp3) is 0.333. The van der Waals surface area contributed by atoms with Crippen molar-refractivity contribution in [3.8, 4) is 0 Å². The Balaban J connectivity index is 2.43. The molecule has 20 heavy (non-hydrogen) atoms. The number of benzene rings is 1. The topological polar surface area (TPSA) is 42.4 Å². The second kappa shape index (κ2) is 6.05. The fourth-order valence-electron chi connectivity index (χ4n) is 2.05. The van der Waals surface area contributed by atoms with Crippen LogP contribution in [0.15, 0.2) is 24.3 Å². The summed E-state index contributed by atoms with van der Waals surface area (Å²) in [7, 11) is 1.39. The maximum atomic E-state index is 11.7. The zero-order valence-electron chi connectivity index (χ0n) is 12.1. The smallest absolute Gasteiger partial charge is 0.350 e. The van der Waals surface area contributed by atoms with Crippen molar-refractivity contribution in [2.24, 2.45) is 0 Å². The Morgan fingerprint density at radius 1 is 1.35 bits per heavy atom. The molecule has 0 atom stereocenters. The van der Waals surface area contributed by atoms with Gasteiger partial charge in [0, 0.05) is 12.2 Å². The van der Waals surface area contributed by atoms with E-state index in [0.29, 0.717) is 10.6 Å². The Kier molecular flexibility index (Phi) is 4.39. The number of ether oxygens (including phenoxy) is 1. The summed E-state index contributed by atoms with van der Waals surface area (Å²) in [6.45, 7) is 6.76. The molecule has 1 aromatic heterocycles. The first kappa shape index (κ1) is 14.5. The molecular weight excluding hydrogens is 272 g/mol. The second-order valence-corrected chi connectivity index (χ2v) is 5.41. The molecule has 0 saturated carbocycles. The van der Waals surface area contributed by atoms with Crippen LogP contribution in [0.2, 0.25) is 0 Å². The summed E-state index contributed by atoms with van der Waals surface area (Å²) >= 11 is 1.37. The van der Waals surface area contributed by atoms with Gasteiger partial charge < -0.3 is 9.64 Å². The monoisotopic (exact) mass is 290 g/mol. The summed E-state index contributed by atoms with van der Waals surface area (Å²) in [6, 6.07) is 8.15. The van der Waals surface area contributed by atoms with Crippen LogP contribution in [-0.4, -0.2) is 24.6 Å². The van der Waals surface area contributed by atoms with Gasteiger partial charge in [-0.2, -0.15) is 0 Å². The van der Waals surface area contributed by atoms with E-state index in [1.165, 1.54) is 24.0 Å². The number of para-hydroxylation sites is 1. The molecule has 1 heterocycles. The van der Waals surface area contributed by atoms with Crippen molar-refractivity contribution in [3.63, 3.8) is 0 Å². The van der Waals surface area contributed by atoms with Crippen LogP contribution in [0.1, 0.15) is 27.9 Å². The van der Waals surface area contributed by atoms with E-state index in [4.69, 9.17) is 4.74 Å². The number of carbonyl (C=O) groups is 1. The van der Waals surface area contributed by atoms with Crippen molar-refractivity contribution in [2.75, 3.05) is 18.6 Å². The first-order valence-electron chi connectivity index (χ1n) is 6.47. The number of anilines is 2. The van der Waals surface area contributed by atoms with Crippen molar-refractivity contribution in [2.45, 2.75) is 20.8 Å². The van der Waals surface area contributed by atoms with E-state index in [0.717, 1.165) is 17.4 Å². The molecule has 0 unspecified atom stereocenters. The van der Waals surface area contributed by atoms with Crippen molar-refractivity contribution in [1.82, 2.24) is 4.98 Å². The molecule has 0 saturated heterocycles. The number of rotatable bonds is 4. The van der Waals surface area contributed by atoms with Gasteiger partial charge in [0.05, 0.1) is 12.8 Å². The highest BCUT2D eigenvalue weighted by Gasteiger charge is 2.20. The standard InChI is InChI=1S/C15H18N2O2S/c1-5-17(12-9-7-6-8-10(12)2)15-16-11(3)13(20-15)14(18)19-4/h6-9H,5H2,1-4H3. The van der Waals surface area contributed by atoms with E-state index in [2.05, 4.69) is 35.9 Å². The molecule has 106 valence electrons. The molecule has 0 bridgehead atoms. The zero-order chi connectivity index (χ0) is 14.7. The third-order valence-electron chi connectivity index (χ3n) is 3.11. The van der Waals surface area contributed by atoms with Crippen molar-refractivity contribution >= 4 is 28.1 Å². The average Bonchev–Trinajstić information content (AvgIpc) is 2.83. The van der Waals surface area contributed by atoms with Crippen molar-refractivity contribution in [1.29, 1.82) is 0 Å². The number of nitrogens with zero attached hydrogens (tertiary/aromatic N) is 2. The van der Waals surface area contributed by atoms with E-state index >= 15 is 0 Å². The van der Waals surface area contributed by atoms with Crippen LogP contribution in [0.4, 0.5) is 10.8 Å². The van der Waals surface area contributed by atoms with Crippen LogP contribution >= 0.6 is 11.3 Å². The van der Waals surface area contributed by atoms with Crippen LogP contribution in [0, 0.1) is 13.8 Å². The number of hydrogen-bond donors (Lipinski definition) is 0. The molecule has 5 heteroatoms. The molecule has 0 fully saturated rings. The zero-order valence-corrected chi connectivity index (χ0v) is 13.0. The van der Waals surface area contributed by atoms with Gasteiger partial charge in [0.15, 0.2) is 5.13 Å². The highest BCUT2D eigenvalue weighted by Crippen LogP contribution is 2.33. The predicted octanol–water partition coefficient (Wildman–Crippen LogP) is 3.70. The minimum Gasteiger partial charge on any atom is -0.465 e. The molecule has 0 amide bonds. The van der Waals surface area contributed by atoms with Gasteiger partial charge in [-0.05, 0) is 32.4 Å². The summed E-state index contributed by atoms with van der Waals surface area (Å²) < 4.78 is 4.79. The third kappa shape index (κ3) is 2.67. The van der Waals surface area contributed by atoms with E-state index in [1.807, 2.05) is 19.1 Å². The lowest BCUT2D eigenvalue weighted by Gasteiger charge is -2.21. The average molecular weight is 290 g/mol. The molecule has 4 nitrogen and oxygen atoms in total. The Labute approximate surface area is 123 Å². The van der Waals surface area contributed by atoms with Gasteiger partial charge in [0.2, 0.25) is 0 Å². The van der Waals surface area contributed by atoms with E-state index in [-0.39, 0.29) is 5.97 Å². The van der Waals surface area contributed by atoms with Gasteiger partial charge in [-0.3, -0.25) is 0 Å². The van der Waals surface area contributed by atoms with Crippen molar-refractivity contribution in [3.05, 3.63) is 40.4 Å². The highest BCUT2D eigenvalue weighted by molar-refractivity contribution is 7.17. The third-order valence-corrected chi connectivity index (χ3v) is 4.27. The normalized spacial score (nSPS) is 10.4. The second-order valence-electron chi connectivity index (χ2n) is 4.43. The number of thiazole rings is 1. The number of methoxy groups -OCH3 is 1. The minimum absolute atomic E-state index is 0.327. The first-order chi connectivity index (χ1) is 9.58. The Morgan fingerprint density at radius 2 is 2.05 bits per heavy atom. The number of aromatic nitrogens is 1. The molecule has 0 aliphatic carbocycles. The van der Waals surface area contributed by atoms with Gasteiger partial charge in [0.1, 0.15) is 4.88 Å². The SMILES string of the molecule is CCN(c1nc(C)c(C(=O)OC)s1)c1ccccc1C. The first-order valence-corrected chi connectivity index (χ1v) is 7.29. The highest BCUT2D eigenvalue weighted by atomic mass is 32.1. The number of aryl methyl sites for hydroxylation is 2. The quantitative estimate of drug-likeness (QED) is 0.805. The summed E-state index contributed by atoms with van der Waals surface area (Å²) in [6.07, 6.45) is 0. The Hall–Kier alpha value is -1.88. The van der Waals surface area contributed by atoms with Gasteiger partial charge in [-0.1, -0.05) is 29.5 Å². The largest absolute Gasteiger partial charge is 0.465 e. The summed E-state index contributed by atoms with van der Waals surface area (Å²) in [5.74, 6) is -0.327. The molecule has 1 aromatic carbocycles. The maximum Gasteiger partial charge on any atom is 0.350 e. The molecule has 2 aromatic rings. The fourth-order valence-corrected chi connectivity index (χ4v) is 3.12. The molecule has 0 radical (unpaired) electrons. The Morgan fingerprint density at radius 3 is 2.65 bits per heavy atom. The summed E-state index contributed by atoms with van der Waals surface area (Å²) in [4.78, 5) is 18.9. The maximum absolute atomic E-state index is 11.7. The lowest BCUT2D eigenvalue weighted by molar-refractivity contribution is 0.0605. The molecule has 0 aliphatic rings.